The normalized spacial score (nSPS) is 19.8. The molecule has 21 heavy (non-hydrogen) atoms. The van der Waals surface area contributed by atoms with Crippen LogP contribution in [0.2, 0.25) is 5.02 Å². The Balaban J connectivity index is 2.21. The van der Waals surface area contributed by atoms with Gasteiger partial charge in [0.05, 0.1) is 41.3 Å². The summed E-state index contributed by atoms with van der Waals surface area (Å²) in [6.45, 7) is 4.36. The van der Waals surface area contributed by atoms with Gasteiger partial charge in [-0.15, -0.1) is 0 Å². The van der Waals surface area contributed by atoms with Crippen molar-refractivity contribution in [2.24, 2.45) is 5.41 Å². The number of hydrogen-bond acceptors (Lipinski definition) is 3. The molecule has 1 aliphatic carbocycles. The van der Waals surface area contributed by atoms with E-state index < -0.39 is 5.41 Å². The first-order valence-electron chi connectivity index (χ1n) is 6.81. The van der Waals surface area contributed by atoms with Gasteiger partial charge in [0.25, 0.3) is 0 Å². The molecule has 1 unspecified atom stereocenters. The van der Waals surface area contributed by atoms with Crippen molar-refractivity contribution in [3.8, 4) is 0 Å². The second kappa shape index (κ2) is 4.97. The molecule has 0 amide bonds. The van der Waals surface area contributed by atoms with Gasteiger partial charge in [-0.2, -0.15) is 0 Å². The van der Waals surface area contributed by atoms with Crippen molar-refractivity contribution < 1.29 is 9.53 Å². The van der Waals surface area contributed by atoms with Crippen LogP contribution >= 0.6 is 11.6 Å². The number of carbonyl (C=O) groups excluding carboxylic acids is 1. The zero-order valence-electron chi connectivity index (χ0n) is 12.3. The predicted octanol–water partition coefficient (Wildman–Crippen LogP) is 3.49. The summed E-state index contributed by atoms with van der Waals surface area (Å²) in [5.74, 6) is 0.0742. The fourth-order valence-corrected chi connectivity index (χ4v) is 3.43. The Bertz CT molecular complexity index is 706. The second-order valence-corrected chi connectivity index (χ2v) is 6.29. The Morgan fingerprint density at radius 1 is 1.43 bits per heavy atom. The van der Waals surface area contributed by atoms with E-state index in [0.29, 0.717) is 17.2 Å². The maximum atomic E-state index is 12.8. The van der Waals surface area contributed by atoms with E-state index in [1.54, 1.807) is 25.7 Å². The van der Waals surface area contributed by atoms with Gasteiger partial charge in [-0.25, -0.2) is 4.98 Å². The van der Waals surface area contributed by atoms with Crippen molar-refractivity contribution in [3.05, 3.63) is 52.6 Å². The Morgan fingerprint density at radius 2 is 2.19 bits per heavy atom. The first-order valence-corrected chi connectivity index (χ1v) is 7.19. The Kier molecular flexibility index (Phi) is 3.38. The highest BCUT2D eigenvalue weighted by atomic mass is 35.5. The number of fused-ring (bicyclic) bond motifs is 1. The van der Waals surface area contributed by atoms with Crippen molar-refractivity contribution in [1.29, 1.82) is 0 Å². The zero-order chi connectivity index (χ0) is 15.2. The van der Waals surface area contributed by atoms with Gasteiger partial charge in [0, 0.05) is 12.7 Å². The van der Waals surface area contributed by atoms with Gasteiger partial charge < -0.3 is 9.30 Å². The first-order chi connectivity index (χ1) is 9.98. The monoisotopic (exact) mass is 304 g/mol. The van der Waals surface area contributed by atoms with E-state index in [1.807, 2.05) is 30.5 Å². The molecular formula is C16H17ClN2O2. The average molecular weight is 305 g/mol. The summed E-state index contributed by atoms with van der Waals surface area (Å²) in [4.78, 5) is 17.0. The molecule has 0 radical (unpaired) electrons. The van der Waals surface area contributed by atoms with Gasteiger partial charge in [0.1, 0.15) is 0 Å². The fourth-order valence-electron chi connectivity index (χ4n) is 3.17. The van der Waals surface area contributed by atoms with Crippen LogP contribution in [0, 0.1) is 5.41 Å². The van der Waals surface area contributed by atoms with Gasteiger partial charge in [-0.1, -0.05) is 37.6 Å². The van der Waals surface area contributed by atoms with Gasteiger partial charge in [0.15, 0.2) is 5.78 Å². The largest absolute Gasteiger partial charge is 0.378 e. The lowest BCUT2D eigenvalue weighted by molar-refractivity contribution is 0.0815. The van der Waals surface area contributed by atoms with Crippen LogP contribution in [0.3, 0.4) is 0 Å². The van der Waals surface area contributed by atoms with Crippen LogP contribution in [0.1, 0.15) is 41.5 Å². The molecule has 1 heterocycles. The van der Waals surface area contributed by atoms with E-state index in [-0.39, 0.29) is 11.8 Å². The standard InChI is InChI=1S/C16H17ClN2O2/c1-16(2)14(19-9-18-7-10(19)8-21-3)11-5-4-6-12(17)13(11)15(16)20/h4-7,9,14H,8H2,1-3H3. The summed E-state index contributed by atoms with van der Waals surface area (Å²) in [5, 5.41) is 0.515. The van der Waals surface area contributed by atoms with Crippen LogP contribution in [-0.2, 0) is 11.3 Å². The molecule has 3 rings (SSSR count). The second-order valence-electron chi connectivity index (χ2n) is 5.88. The molecule has 0 fully saturated rings. The molecule has 0 saturated heterocycles. The van der Waals surface area contributed by atoms with Gasteiger partial charge in [-0.3, -0.25) is 4.79 Å². The number of ketones is 1. The highest BCUT2D eigenvalue weighted by molar-refractivity contribution is 6.34. The predicted molar refractivity (Wildman–Crippen MR) is 80.6 cm³/mol. The highest BCUT2D eigenvalue weighted by Gasteiger charge is 2.48. The van der Waals surface area contributed by atoms with Crippen LogP contribution in [0.25, 0.3) is 0 Å². The molecule has 0 spiro atoms. The van der Waals surface area contributed by atoms with E-state index in [2.05, 4.69) is 4.98 Å². The lowest BCUT2D eigenvalue weighted by Gasteiger charge is -2.28. The lowest BCUT2D eigenvalue weighted by atomic mass is 9.84. The maximum Gasteiger partial charge on any atom is 0.172 e. The third-order valence-electron chi connectivity index (χ3n) is 4.15. The molecule has 1 aromatic heterocycles. The number of rotatable bonds is 3. The minimum atomic E-state index is -0.573. The topological polar surface area (TPSA) is 44.1 Å². The Morgan fingerprint density at radius 3 is 2.90 bits per heavy atom. The van der Waals surface area contributed by atoms with Crippen molar-refractivity contribution in [3.63, 3.8) is 0 Å². The zero-order valence-corrected chi connectivity index (χ0v) is 13.0. The molecular weight excluding hydrogens is 288 g/mol. The van der Waals surface area contributed by atoms with Gasteiger partial charge in [-0.05, 0) is 11.6 Å². The average Bonchev–Trinajstić information content (AvgIpc) is 2.94. The molecule has 0 saturated carbocycles. The number of nitrogens with zero attached hydrogens (tertiary/aromatic N) is 2. The van der Waals surface area contributed by atoms with E-state index in [9.17, 15) is 4.79 Å². The molecule has 1 aliphatic rings. The van der Waals surface area contributed by atoms with Crippen LogP contribution < -0.4 is 0 Å². The third kappa shape index (κ3) is 2.01. The van der Waals surface area contributed by atoms with Crippen LogP contribution in [0.4, 0.5) is 0 Å². The molecule has 0 bridgehead atoms. The summed E-state index contributed by atoms with van der Waals surface area (Å²) < 4.78 is 7.24. The third-order valence-corrected chi connectivity index (χ3v) is 4.47. The number of carbonyl (C=O) groups is 1. The quantitative estimate of drug-likeness (QED) is 0.872. The summed E-state index contributed by atoms with van der Waals surface area (Å²) >= 11 is 6.25. The van der Waals surface area contributed by atoms with Crippen LogP contribution in [0.15, 0.2) is 30.7 Å². The summed E-state index contributed by atoms with van der Waals surface area (Å²) in [5.41, 5.74) is 1.95. The number of ether oxygens (including phenoxy) is 1. The van der Waals surface area contributed by atoms with E-state index in [4.69, 9.17) is 16.3 Å². The van der Waals surface area contributed by atoms with Crippen molar-refractivity contribution in [2.75, 3.05) is 7.11 Å². The highest BCUT2D eigenvalue weighted by Crippen LogP contribution is 2.49. The lowest BCUT2D eigenvalue weighted by Crippen LogP contribution is -2.29. The Labute approximate surface area is 128 Å². The summed E-state index contributed by atoms with van der Waals surface area (Å²) in [6, 6.07) is 5.50. The molecule has 5 heteroatoms. The number of aromatic nitrogens is 2. The summed E-state index contributed by atoms with van der Waals surface area (Å²) in [6.07, 6.45) is 3.52. The van der Waals surface area contributed by atoms with Crippen molar-refractivity contribution in [2.45, 2.75) is 26.5 Å². The van der Waals surface area contributed by atoms with Crippen molar-refractivity contribution >= 4 is 17.4 Å². The van der Waals surface area contributed by atoms with Crippen molar-refractivity contribution in [1.82, 2.24) is 9.55 Å². The van der Waals surface area contributed by atoms with E-state index >= 15 is 0 Å². The first kappa shape index (κ1) is 14.3. The molecule has 4 nitrogen and oxygen atoms in total. The SMILES string of the molecule is COCc1cncn1C1c2cccc(Cl)c2C(=O)C1(C)C. The minimum absolute atomic E-state index is 0.0742. The van der Waals surface area contributed by atoms with E-state index in [0.717, 1.165) is 11.3 Å². The van der Waals surface area contributed by atoms with Crippen LogP contribution in [0.5, 0.6) is 0 Å². The Hall–Kier alpha value is -1.65. The molecule has 1 atom stereocenters. The smallest absolute Gasteiger partial charge is 0.172 e. The van der Waals surface area contributed by atoms with Gasteiger partial charge >= 0.3 is 0 Å². The van der Waals surface area contributed by atoms with Crippen LogP contribution in [-0.4, -0.2) is 22.4 Å². The number of Topliss-reactive ketones (excluding diaryl/α,β-unsaturated/α-hetero) is 1. The number of halogens is 1. The number of benzene rings is 1. The maximum absolute atomic E-state index is 12.8. The van der Waals surface area contributed by atoms with E-state index in [1.165, 1.54) is 0 Å². The van der Waals surface area contributed by atoms with Gasteiger partial charge in [0.2, 0.25) is 0 Å². The molecule has 0 N–H and O–H groups in total. The molecule has 2 aromatic rings. The summed E-state index contributed by atoms with van der Waals surface area (Å²) in [7, 11) is 1.65. The fraction of sp³-hybridized carbons (Fsp3) is 0.375. The molecule has 110 valence electrons. The number of hydrogen-bond donors (Lipinski definition) is 0. The molecule has 1 aromatic carbocycles. The minimum Gasteiger partial charge on any atom is -0.378 e. The number of methoxy groups -OCH3 is 1. The number of imidazole rings is 1. The molecule has 0 aliphatic heterocycles.